The molecule has 0 spiro atoms. The van der Waals surface area contributed by atoms with Gasteiger partial charge in [-0.15, -0.1) is 0 Å². The monoisotopic (exact) mass is 433 g/mol. The Bertz CT molecular complexity index is 532. The van der Waals surface area contributed by atoms with Crippen LogP contribution < -0.4 is 15.4 Å². The van der Waals surface area contributed by atoms with Crippen molar-refractivity contribution in [3.05, 3.63) is 29.8 Å². The lowest BCUT2D eigenvalue weighted by atomic mass is 10.1. The summed E-state index contributed by atoms with van der Waals surface area (Å²) in [6.07, 6.45) is 1.02. The smallest absolute Gasteiger partial charge is 0.337 e. The number of carboxylic acids is 1. The summed E-state index contributed by atoms with van der Waals surface area (Å²) in [6, 6.07) is 7.34. The van der Waals surface area contributed by atoms with E-state index in [1.165, 1.54) is 0 Å². The summed E-state index contributed by atoms with van der Waals surface area (Å²) in [7, 11) is 0. The molecule has 1 aliphatic heterocycles. The Morgan fingerprint density at radius 1 is 1.39 bits per heavy atom. The minimum atomic E-state index is -1.07. The van der Waals surface area contributed by atoms with Gasteiger partial charge in [-0.1, -0.05) is 0 Å². The molecule has 1 aromatic rings. The van der Waals surface area contributed by atoms with Gasteiger partial charge in [-0.2, -0.15) is 0 Å². The van der Waals surface area contributed by atoms with Crippen LogP contribution in [0.5, 0.6) is 5.75 Å². The second-order valence-corrected chi connectivity index (χ2v) is 5.80. The van der Waals surface area contributed by atoms with Gasteiger partial charge in [0, 0.05) is 11.6 Å². The van der Waals surface area contributed by atoms with Gasteiger partial charge >= 0.3 is 5.97 Å². The Hall–Kier alpha value is -1.39. The number of rotatable bonds is 7. The summed E-state index contributed by atoms with van der Waals surface area (Å²) >= 11 is 1.55. The molecule has 2 rings (SSSR count). The Morgan fingerprint density at radius 3 is 2.61 bits per heavy atom. The van der Waals surface area contributed by atoms with E-state index in [0.29, 0.717) is 17.6 Å². The number of hydrogen-bond acceptors (Lipinski definition) is 5. The number of aliphatic carboxylic acids is 1. The number of halogens is 1. The maximum atomic E-state index is 10.8. The molecule has 0 saturated carbocycles. The van der Waals surface area contributed by atoms with Crippen LogP contribution in [0.3, 0.4) is 0 Å². The Kier molecular flexibility index (Phi) is 7.06. The van der Waals surface area contributed by atoms with Gasteiger partial charge in [0.15, 0.2) is 0 Å². The summed E-state index contributed by atoms with van der Waals surface area (Å²) in [5.41, 5.74) is 0.774. The van der Waals surface area contributed by atoms with Gasteiger partial charge < -0.3 is 20.5 Å². The summed E-state index contributed by atoms with van der Waals surface area (Å²) < 4.78 is 10.2. The topological polar surface area (TPSA) is 104 Å². The van der Waals surface area contributed by atoms with Crippen LogP contribution in [0.25, 0.3) is 0 Å². The first-order valence-corrected chi connectivity index (χ1v) is 8.27. The second kappa shape index (κ2) is 9.04. The molecule has 8 heteroatoms. The molecule has 7 nitrogen and oxygen atoms in total. The van der Waals surface area contributed by atoms with Crippen molar-refractivity contribution in [3.63, 3.8) is 0 Å². The van der Waals surface area contributed by atoms with E-state index in [0.717, 1.165) is 31.5 Å². The number of carbonyl (C=O) groups is 1. The molecule has 23 heavy (non-hydrogen) atoms. The van der Waals surface area contributed by atoms with Crippen LogP contribution in [0.15, 0.2) is 24.3 Å². The lowest BCUT2D eigenvalue weighted by Crippen LogP contribution is -2.42. The van der Waals surface area contributed by atoms with E-state index in [1.54, 1.807) is 47.3 Å². The second-order valence-electron chi connectivity index (χ2n) is 5.29. The Morgan fingerprint density at radius 2 is 2.04 bits per heavy atom. The van der Waals surface area contributed by atoms with Gasteiger partial charge in [0.1, 0.15) is 41.2 Å². The van der Waals surface area contributed by atoms with Gasteiger partial charge in [-0.25, -0.2) is 4.79 Å². The quantitative estimate of drug-likeness (QED) is 0.296. The molecule has 1 aromatic carbocycles. The molecule has 4 N–H and O–H groups in total. The third-order valence-electron chi connectivity index (χ3n) is 3.61. The number of nitrogens with one attached hydrogen (secondary N) is 3. The van der Waals surface area contributed by atoms with Crippen molar-refractivity contribution in [2.75, 3.05) is 19.7 Å². The molecule has 1 aliphatic rings. The van der Waals surface area contributed by atoms with Crippen LogP contribution >= 0.6 is 23.0 Å². The van der Waals surface area contributed by atoms with Crippen LogP contribution in [0.2, 0.25) is 0 Å². The maximum absolute atomic E-state index is 10.8. The van der Waals surface area contributed by atoms with E-state index in [4.69, 9.17) is 18.3 Å². The average molecular weight is 433 g/mol. The fraction of sp³-hybridized carbons (Fsp3) is 0.467. The fourth-order valence-corrected chi connectivity index (χ4v) is 2.64. The molecule has 0 radical (unpaired) electrons. The predicted octanol–water partition coefficient (Wildman–Crippen LogP) is 1.55. The molecule has 0 amide bonds. The number of amidine groups is 1. The van der Waals surface area contributed by atoms with Crippen molar-refractivity contribution in [1.29, 1.82) is 5.41 Å². The molecule has 1 heterocycles. The molecule has 1 saturated heterocycles. The highest BCUT2D eigenvalue weighted by Crippen LogP contribution is 2.14. The first kappa shape index (κ1) is 18.0. The zero-order valence-electron chi connectivity index (χ0n) is 12.5. The number of hydrogen-bond donors (Lipinski definition) is 4. The highest BCUT2D eigenvalue weighted by Gasteiger charge is 2.18. The number of benzene rings is 1. The van der Waals surface area contributed by atoms with Crippen molar-refractivity contribution in [1.82, 2.24) is 10.6 Å². The highest BCUT2D eigenvalue weighted by atomic mass is 127. The maximum Gasteiger partial charge on any atom is 0.337 e. The van der Waals surface area contributed by atoms with Crippen LogP contribution in [0, 0.1) is 5.41 Å². The Labute approximate surface area is 148 Å². The lowest BCUT2D eigenvalue weighted by Gasteiger charge is -2.24. The molecule has 0 unspecified atom stereocenters. The highest BCUT2D eigenvalue weighted by molar-refractivity contribution is 14.1. The molecule has 0 aromatic heterocycles. The summed E-state index contributed by atoms with van der Waals surface area (Å²) in [5, 5.41) is 23.5. The van der Waals surface area contributed by atoms with Gasteiger partial charge in [-0.3, -0.25) is 8.48 Å². The van der Waals surface area contributed by atoms with Crippen LogP contribution in [-0.4, -0.2) is 48.8 Å². The van der Waals surface area contributed by atoms with Gasteiger partial charge in [0.2, 0.25) is 6.10 Å². The first-order chi connectivity index (χ1) is 11.1. The standard InChI is InChI=1S/C15H20IN3O4/c16-23-13(15(20)21)9-22-12-3-1-10(2-4-12)14(17)19-11-5-7-18-8-6-11/h1-4,11,13,18H,5-9H2,(H2,17,19)(H,20,21)/t13-/m0/s1. The molecule has 1 atom stereocenters. The van der Waals surface area contributed by atoms with E-state index in [9.17, 15) is 4.79 Å². The van der Waals surface area contributed by atoms with Gasteiger partial charge in [-0.05, 0) is 50.2 Å². The van der Waals surface area contributed by atoms with Crippen molar-refractivity contribution in [2.45, 2.75) is 25.0 Å². The number of carboxylic acid groups (broad SMARTS) is 1. The lowest BCUT2D eigenvalue weighted by molar-refractivity contribution is -0.144. The number of ether oxygens (including phenoxy) is 1. The van der Waals surface area contributed by atoms with E-state index < -0.39 is 12.1 Å². The van der Waals surface area contributed by atoms with E-state index in [1.807, 2.05) is 0 Å². The minimum Gasteiger partial charge on any atom is -0.490 e. The molecular weight excluding hydrogens is 413 g/mol. The van der Waals surface area contributed by atoms with Crippen molar-refractivity contribution >= 4 is 34.8 Å². The average Bonchev–Trinajstić information content (AvgIpc) is 2.56. The van der Waals surface area contributed by atoms with Crippen LogP contribution in [0.4, 0.5) is 0 Å². The van der Waals surface area contributed by atoms with E-state index in [-0.39, 0.29) is 6.61 Å². The molecule has 0 aliphatic carbocycles. The largest absolute Gasteiger partial charge is 0.490 e. The third-order valence-corrected chi connectivity index (χ3v) is 4.23. The van der Waals surface area contributed by atoms with Gasteiger partial charge in [0.25, 0.3) is 0 Å². The first-order valence-electron chi connectivity index (χ1n) is 7.39. The van der Waals surface area contributed by atoms with Gasteiger partial charge in [0.05, 0.1) is 0 Å². The summed E-state index contributed by atoms with van der Waals surface area (Å²) in [5.74, 6) is -0.130. The summed E-state index contributed by atoms with van der Waals surface area (Å²) in [4.78, 5) is 10.8. The van der Waals surface area contributed by atoms with Crippen LogP contribution in [0.1, 0.15) is 18.4 Å². The molecule has 126 valence electrons. The van der Waals surface area contributed by atoms with Crippen molar-refractivity contribution in [2.24, 2.45) is 0 Å². The zero-order chi connectivity index (χ0) is 16.7. The zero-order valence-corrected chi connectivity index (χ0v) is 14.7. The fourth-order valence-electron chi connectivity index (χ4n) is 2.28. The third kappa shape index (κ3) is 5.63. The van der Waals surface area contributed by atoms with Crippen molar-refractivity contribution in [3.8, 4) is 5.75 Å². The van der Waals surface area contributed by atoms with E-state index >= 15 is 0 Å². The predicted molar refractivity (Wildman–Crippen MR) is 94.3 cm³/mol. The molecular formula is C15H20IN3O4. The Balaban J connectivity index is 1.85. The normalized spacial score (nSPS) is 16.6. The molecule has 1 fully saturated rings. The number of piperidine rings is 1. The van der Waals surface area contributed by atoms with Crippen molar-refractivity contribution < 1.29 is 17.7 Å². The van der Waals surface area contributed by atoms with Crippen LogP contribution in [-0.2, 0) is 7.86 Å². The van der Waals surface area contributed by atoms with E-state index in [2.05, 4.69) is 10.6 Å². The SMILES string of the molecule is N=C(NC1CCNCC1)c1ccc(OC[C@H](OI)C(=O)O)cc1. The minimum absolute atomic E-state index is 0.0671. The molecule has 0 bridgehead atoms. The summed E-state index contributed by atoms with van der Waals surface area (Å²) in [6.45, 7) is 1.88.